The predicted octanol–water partition coefficient (Wildman–Crippen LogP) is 3.61. The van der Waals surface area contributed by atoms with Gasteiger partial charge < -0.3 is 0 Å². The molecule has 2 rings (SSSR count). The first-order chi connectivity index (χ1) is 7.58. The molecule has 0 bridgehead atoms. The normalized spacial score (nSPS) is 11.0. The molecular formula is C10H7F3N2S. The van der Waals surface area contributed by atoms with E-state index in [1.54, 1.807) is 0 Å². The number of nitrogens with zero attached hydrogens (tertiary/aromatic N) is 1. The van der Waals surface area contributed by atoms with Gasteiger partial charge in [0.2, 0.25) is 0 Å². The average Bonchev–Trinajstić information content (AvgIpc) is 2.62. The van der Waals surface area contributed by atoms with Gasteiger partial charge in [0.15, 0.2) is 0 Å². The molecule has 1 heterocycles. The molecule has 1 N–H and O–H groups in total. The molecule has 2 nitrogen and oxygen atoms in total. The summed E-state index contributed by atoms with van der Waals surface area (Å²) in [4.78, 5) is 0. The summed E-state index contributed by atoms with van der Waals surface area (Å²) in [6.45, 7) is 0. The Morgan fingerprint density at radius 1 is 1.19 bits per heavy atom. The summed E-state index contributed by atoms with van der Waals surface area (Å²) in [6.07, 6.45) is -2.61. The molecular weight excluding hydrogens is 237 g/mol. The van der Waals surface area contributed by atoms with E-state index in [1.807, 2.05) is 0 Å². The molecule has 6 heteroatoms. The van der Waals surface area contributed by atoms with Gasteiger partial charge in [-0.15, -0.1) is 0 Å². The Hall–Kier alpha value is -1.56. The van der Waals surface area contributed by atoms with E-state index in [9.17, 15) is 13.2 Å². The number of nitrogens with one attached hydrogen (secondary N) is 1. The van der Waals surface area contributed by atoms with E-state index < -0.39 is 12.2 Å². The Labute approximate surface area is 94.3 Å². The van der Waals surface area contributed by atoms with Crippen LogP contribution in [0.1, 0.15) is 12.1 Å². The summed E-state index contributed by atoms with van der Waals surface area (Å²) in [7, 11) is 0. The number of H-pyrrole nitrogens is 1. The summed E-state index contributed by atoms with van der Waals surface area (Å²) >= 11 is 4.91. The molecule has 0 amide bonds. The van der Waals surface area contributed by atoms with Crippen molar-refractivity contribution in [1.82, 2.24) is 9.78 Å². The van der Waals surface area contributed by atoms with E-state index in [1.165, 1.54) is 35.0 Å². The second kappa shape index (κ2) is 4.13. The first kappa shape index (κ1) is 10.9. The minimum Gasteiger partial charge on any atom is -0.291 e. The number of alkyl halides is 2. The van der Waals surface area contributed by atoms with Gasteiger partial charge in [0, 0.05) is 6.07 Å². The fourth-order valence-electron chi connectivity index (χ4n) is 1.31. The number of rotatable bonds is 2. The molecule has 0 saturated carbocycles. The lowest BCUT2D eigenvalue weighted by Gasteiger charge is -2.02. The van der Waals surface area contributed by atoms with Gasteiger partial charge in [-0.2, -0.15) is 0 Å². The molecule has 0 radical (unpaired) electrons. The molecule has 84 valence electrons. The zero-order valence-electron chi connectivity index (χ0n) is 7.95. The summed E-state index contributed by atoms with van der Waals surface area (Å²) in [5.41, 5.74) is 0.257. The van der Waals surface area contributed by atoms with E-state index in [0.29, 0.717) is 5.69 Å². The number of aromatic amines is 1. The van der Waals surface area contributed by atoms with Crippen LogP contribution in [0, 0.1) is 10.5 Å². The monoisotopic (exact) mass is 244 g/mol. The second-order valence-corrected chi connectivity index (χ2v) is 3.58. The summed E-state index contributed by atoms with van der Waals surface area (Å²) in [5, 5.41) is 2.46. The van der Waals surface area contributed by atoms with Gasteiger partial charge in [0.05, 0.1) is 5.69 Å². The molecule has 0 unspecified atom stereocenters. The van der Waals surface area contributed by atoms with Crippen molar-refractivity contribution < 1.29 is 13.2 Å². The quantitative estimate of drug-likeness (QED) is 0.800. The SMILES string of the molecule is Fc1ccc(-n2[nH]c(C(F)F)cc2=S)cc1. The third kappa shape index (κ3) is 2.01. The van der Waals surface area contributed by atoms with Gasteiger partial charge in [-0.05, 0) is 24.3 Å². The number of aromatic nitrogens is 2. The van der Waals surface area contributed by atoms with E-state index in [2.05, 4.69) is 5.10 Å². The fraction of sp³-hybridized carbons (Fsp3) is 0.100. The van der Waals surface area contributed by atoms with Crippen LogP contribution in [0.4, 0.5) is 13.2 Å². The molecule has 1 aromatic heterocycles. The van der Waals surface area contributed by atoms with Crippen molar-refractivity contribution in [2.45, 2.75) is 6.43 Å². The standard InChI is InChI=1S/C10H7F3N2S/c11-6-1-3-7(4-2-6)15-9(16)5-8(14-15)10(12)13/h1-5,10,14H. The first-order valence-electron chi connectivity index (χ1n) is 4.44. The van der Waals surface area contributed by atoms with Gasteiger partial charge in [-0.25, -0.2) is 17.9 Å². The van der Waals surface area contributed by atoms with E-state index in [-0.39, 0.29) is 10.3 Å². The molecule has 0 aliphatic rings. The topological polar surface area (TPSA) is 20.7 Å². The van der Waals surface area contributed by atoms with Crippen molar-refractivity contribution in [3.05, 3.63) is 46.5 Å². The van der Waals surface area contributed by atoms with Gasteiger partial charge in [-0.3, -0.25) is 5.10 Å². The second-order valence-electron chi connectivity index (χ2n) is 3.16. The summed E-state index contributed by atoms with van der Waals surface area (Å²) < 4.78 is 39.0. The lowest BCUT2D eigenvalue weighted by molar-refractivity contribution is 0.145. The Bertz CT molecular complexity index is 542. The van der Waals surface area contributed by atoms with Crippen LogP contribution < -0.4 is 0 Å². The fourth-order valence-corrected chi connectivity index (χ4v) is 1.59. The molecule has 0 aliphatic carbocycles. The third-order valence-electron chi connectivity index (χ3n) is 2.06. The van der Waals surface area contributed by atoms with Gasteiger partial charge in [-0.1, -0.05) is 12.2 Å². The van der Waals surface area contributed by atoms with Crippen LogP contribution in [0.3, 0.4) is 0 Å². The van der Waals surface area contributed by atoms with Crippen LogP contribution in [0.15, 0.2) is 30.3 Å². The maximum absolute atomic E-state index is 12.7. The maximum Gasteiger partial charge on any atom is 0.279 e. The Balaban J connectivity index is 2.48. The largest absolute Gasteiger partial charge is 0.291 e. The first-order valence-corrected chi connectivity index (χ1v) is 4.85. The third-order valence-corrected chi connectivity index (χ3v) is 2.36. The van der Waals surface area contributed by atoms with Crippen molar-refractivity contribution >= 4 is 12.2 Å². The summed E-state index contributed by atoms with van der Waals surface area (Å²) in [5.74, 6) is -0.393. The van der Waals surface area contributed by atoms with Crippen molar-refractivity contribution in [3.63, 3.8) is 0 Å². The van der Waals surface area contributed by atoms with Gasteiger partial charge in [0.1, 0.15) is 16.2 Å². The van der Waals surface area contributed by atoms with Crippen LogP contribution in [0.2, 0.25) is 0 Å². The van der Waals surface area contributed by atoms with Crippen molar-refractivity contribution in [2.24, 2.45) is 0 Å². The molecule has 0 spiro atoms. The molecule has 16 heavy (non-hydrogen) atoms. The van der Waals surface area contributed by atoms with Crippen molar-refractivity contribution in [2.75, 3.05) is 0 Å². The van der Waals surface area contributed by atoms with Crippen molar-refractivity contribution in [3.8, 4) is 5.69 Å². The van der Waals surface area contributed by atoms with Crippen LogP contribution in [-0.2, 0) is 0 Å². The highest BCUT2D eigenvalue weighted by atomic mass is 32.1. The van der Waals surface area contributed by atoms with Gasteiger partial charge >= 0.3 is 0 Å². The highest BCUT2D eigenvalue weighted by molar-refractivity contribution is 7.71. The zero-order chi connectivity index (χ0) is 11.7. The van der Waals surface area contributed by atoms with E-state index >= 15 is 0 Å². The van der Waals surface area contributed by atoms with Gasteiger partial charge in [0.25, 0.3) is 6.43 Å². The Morgan fingerprint density at radius 3 is 2.31 bits per heavy atom. The zero-order valence-corrected chi connectivity index (χ0v) is 8.77. The average molecular weight is 244 g/mol. The number of benzene rings is 1. The maximum atomic E-state index is 12.7. The van der Waals surface area contributed by atoms with Crippen LogP contribution in [0.25, 0.3) is 5.69 Å². The molecule has 1 aromatic carbocycles. The lowest BCUT2D eigenvalue weighted by atomic mass is 10.3. The highest BCUT2D eigenvalue weighted by Crippen LogP contribution is 2.18. The van der Waals surface area contributed by atoms with Crippen LogP contribution in [-0.4, -0.2) is 9.78 Å². The number of halogens is 3. The minimum absolute atomic E-state index is 0.224. The van der Waals surface area contributed by atoms with E-state index in [4.69, 9.17) is 12.2 Å². The Kier molecular flexibility index (Phi) is 2.82. The highest BCUT2D eigenvalue weighted by Gasteiger charge is 2.11. The smallest absolute Gasteiger partial charge is 0.279 e. The Morgan fingerprint density at radius 2 is 1.81 bits per heavy atom. The van der Waals surface area contributed by atoms with E-state index in [0.717, 1.165) is 0 Å². The summed E-state index contributed by atoms with van der Waals surface area (Å²) in [6, 6.07) is 6.57. The number of hydrogen-bond acceptors (Lipinski definition) is 1. The molecule has 0 fully saturated rings. The predicted molar refractivity (Wildman–Crippen MR) is 55.9 cm³/mol. The molecule has 0 aliphatic heterocycles. The molecule has 2 aromatic rings. The lowest BCUT2D eigenvalue weighted by Crippen LogP contribution is -1.97. The minimum atomic E-state index is -2.61. The number of hydrogen-bond donors (Lipinski definition) is 1. The molecule has 0 atom stereocenters. The molecule has 0 saturated heterocycles. The van der Waals surface area contributed by atoms with Crippen LogP contribution >= 0.6 is 12.2 Å². The van der Waals surface area contributed by atoms with Crippen LogP contribution in [0.5, 0.6) is 0 Å². The van der Waals surface area contributed by atoms with Crippen molar-refractivity contribution in [1.29, 1.82) is 0 Å².